The normalized spacial score (nSPS) is 9.42. The van der Waals surface area contributed by atoms with Crippen molar-refractivity contribution in [3.05, 3.63) is 29.8 Å². The van der Waals surface area contributed by atoms with E-state index in [1.165, 1.54) is 0 Å². The Morgan fingerprint density at radius 3 is 2.75 bits per heavy atom. The van der Waals surface area contributed by atoms with Gasteiger partial charge in [0.1, 0.15) is 0 Å². The molecular weight excluding hydrogens is 269 g/mol. The van der Waals surface area contributed by atoms with Crippen LogP contribution in [0.5, 0.6) is 0 Å². The largest absolute Gasteiger partial charge is 0.478 e. The third kappa shape index (κ3) is 2.10. The van der Waals surface area contributed by atoms with Crippen molar-refractivity contribution in [2.75, 3.05) is 9.87 Å². The summed E-state index contributed by atoms with van der Waals surface area (Å²) < 4.78 is 0.696. The average Bonchev–Trinajstić information content (AvgIpc) is 2.05. The third-order valence-corrected chi connectivity index (χ3v) is 1.80. The number of carboxylic acids is 1. The molecule has 2 N–H and O–H groups in total. The van der Waals surface area contributed by atoms with Crippen LogP contribution in [0, 0.1) is 0 Å². The molecule has 0 fully saturated rings. The number of hydrogen-bond acceptors (Lipinski definition) is 2. The van der Waals surface area contributed by atoms with Crippen LogP contribution < -0.4 is 5.32 Å². The zero-order chi connectivity index (χ0) is 8.97. The third-order valence-electron chi connectivity index (χ3n) is 1.41. The number of aromatic carboxylic acids is 1. The molecule has 1 rings (SSSR count). The van der Waals surface area contributed by atoms with Crippen molar-refractivity contribution < 1.29 is 9.90 Å². The van der Waals surface area contributed by atoms with Crippen molar-refractivity contribution in [1.29, 1.82) is 0 Å². The van der Waals surface area contributed by atoms with Crippen molar-refractivity contribution in [2.24, 2.45) is 0 Å². The van der Waals surface area contributed by atoms with Crippen molar-refractivity contribution in [3.8, 4) is 0 Å². The number of hydrogen-bond donors (Lipinski definition) is 2. The molecule has 0 bridgehead atoms. The van der Waals surface area contributed by atoms with Gasteiger partial charge in [-0.3, -0.25) is 0 Å². The lowest BCUT2D eigenvalue weighted by atomic mass is 10.2. The summed E-state index contributed by atoms with van der Waals surface area (Å²) in [5.41, 5.74) is 0.980. The molecule has 0 aliphatic rings. The highest BCUT2D eigenvalue weighted by Crippen LogP contribution is 2.14. The van der Waals surface area contributed by atoms with E-state index in [4.69, 9.17) is 5.11 Å². The molecule has 0 atom stereocenters. The standard InChI is InChI=1S/C8H8INO2/c9-5-10-7-4-2-1-3-6(7)8(11)12/h1-4,10H,5H2,(H,11,12). The van der Waals surface area contributed by atoms with Gasteiger partial charge in [0, 0.05) is 5.69 Å². The van der Waals surface area contributed by atoms with Crippen molar-refractivity contribution >= 4 is 34.2 Å². The number of rotatable bonds is 3. The quantitative estimate of drug-likeness (QED) is 0.506. The number of benzene rings is 1. The molecule has 1 aromatic carbocycles. The number of carboxylic acid groups (broad SMARTS) is 1. The van der Waals surface area contributed by atoms with Crippen LogP contribution in [0.4, 0.5) is 5.69 Å². The lowest BCUT2D eigenvalue weighted by Crippen LogP contribution is -2.03. The van der Waals surface area contributed by atoms with E-state index in [-0.39, 0.29) is 0 Å². The number of halogens is 1. The summed E-state index contributed by atoms with van der Waals surface area (Å²) in [5.74, 6) is -0.900. The van der Waals surface area contributed by atoms with Gasteiger partial charge in [0.2, 0.25) is 0 Å². The Hall–Kier alpha value is -0.780. The van der Waals surface area contributed by atoms with E-state index in [2.05, 4.69) is 27.9 Å². The molecule has 4 heteroatoms. The second-order valence-corrected chi connectivity index (χ2v) is 2.92. The molecule has 0 saturated carbocycles. The number of nitrogens with one attached hydrogen (secondary N) is 1. The topological polar surface area (TPSA) is 49.3 Å². The van der Waals surface area contributed by atoms with Gasteiger partial charge in [0.05, 0.1) is 10.1 Å². The molecule has 0 aromatic heterocycles. The maximum absolute atomic E-state index is 10.7. The summed E-state index contributed by atoms with van der Waals surface area (Å²) >= 11 is 2.13. The molecule has 0 aliphatic heterocycles. The summed E-state index contributed by atoms with van der Waals surface area (Å²) in [6, 6.07) is 6.85. The van der Waals surface area contributed by atoms with Crippen LogP contribution in [-0.2, 0) is 0 Å². The molecule has 0 amide bonds. The Kier molecular flexibility index (Phi) is 3.33. The van der Waals surface area contributed by atoms with Gasteiger partial charge in [-0.25, -0.2) is 4.79 Å². The van der Waals surface area contributed by atoms with Crippen LogP contribution in [-0.4, -0.2) is 15.6 Å². The molecule has 3 nitrogen and oxygen atoms in total. The summed E-state index contributed by atoms with van der Waals surface area (Å²) in [5, 5.41) is 11.7. The van der Waals surface area contributed by atoms with Gasteiger partial charge in [-0.2, -0.15) is 0 Å². The zero-order valence-corrected chi connectivity index (χ0v) is 8.41. The molecular formula is C8H8INO2. The molecule has 0 aliphatic carbocycles. The summed E-state index contributed by atoms with van der Waals surface area (Å²) in [6.07, 6.45) is 0. The first-order valence-electron chi connectivity index (χ1n) is 3.38. The fourth-order valence-corrected chi connectivity index (χ4v) is 1.31. The molecule has 12 heavy (non-hydrogen) atoms. The highest BCUT2D eigenvalue weighted by molar-refractivity contribution is 14.1. The van der Waals surface area contributed by atoms with E-state index in [0.717, 1.165) is 0 Å². The maximum Gasteiger partial charge on any atom is 0.337 e. The average molecular weight is 277 g/mol. The minimum absolute atomic E-state index is 0.314. The Morgan fingerprint density at radius 1 is 1.50 bits per heavy atom. The lowest BCUT2D eigenvalue weighted by molar-refractivity contribution is 0.0698. The minimum atomic E-state index is -0.900. The number of anilines is 1. The minimum Gasteiger partial charge on any atom is -0.478 e. The predicted octanol–water partition coefficient (Wildman–Crippen LogP) is 2.19. The second kappa shape index (κ2) is 4.30. The van der Waals surface area contributed by atoms with Gasteiger partial charge >= 0.3 is 5.97 Å². The summed E-state index contributed by atoms with van der Waals surface area (Å²) in [7, 11) is 0. The second-order valence-electron chi connectivity index (χ2n) is 2.16. The van der Waals surface area contributed by atoms with Crippen molar-refractivity contribution in [2.45, 2.75) is 0 Å². The Labute approximate surface area is 83.9 Å². The Bertz CT molecular complexity index is 288. The van der Waals surface area contributed by atoms with E-state index < -0.39 is 5.97 Å². The molecule has 0 saturated heterocycles. The number of carbonyl (C=O) groups is 1. The van der Waals surface area contributed by atoms with Crippen molar-refractivity contribution in [3.63, 3.8) is 0 Å². The van der Waals surface area contributed by atoms with E-state index in [1.807, 2.05) is 0 Å². The maximum atomic E-state index is 10.7. The van der Waals surface area contributed by atoms with Crippen LogP contribution in [0.1, 0.15) is 10.4 Å². The first kappa shape index (κ1) is 9.31. The van der Waals surface area contributed by atoms with Gasteiger partial charge in [-0.05, 0) is 12.1 Å². The molecule has 64 valence electrons. The van der Waals surface area contributed by atoms with Crippen LogP contribution in [0.3, 0.4) is 0 Å². The molecule has 0 heterocycles. The van der Waals surface area contributed by atoms with E-state index in [1.54, 1.807) is 24.3 Å². The van der Waals surface area contributed by atoms with Gasteiger partial charge in [0.15, 0.2) is 0 Å². The van der Waals surface area contributed by atoms with Crippen LogP contribution >= 0.6 is 22.6 Å². The van der Waals surface area contributed by atoms with Crippen LogP contribution in [0.25, 0.3) is 0 Å². The molecule has 0 unspecified atom stereocenters. The smallest absolute Gasteiger partial charge is 0.337 e. The first-order chi connectivity index (χ1) is 5.75. The SMILES string of the molecule is O=C(O)c1ccccc1NCI. The van der Waals surface area contributed by atoms with Gasteiger partial charge in [-0.15, -0.1) is 0 Å². The fourth-order valence-electron chi connectivity index (χ4n) is 0.896. The van der Waals surface area contributed by atoms with E-state index >= 15 is 0 Å². The van der Waals surface area contributed by atoms with Crippen molar-refractivity contribution in [1.82, 2.24) is 0 Å². The monoisotopic (exact) mass is 277 g/mol. The highest BCUT2D eigenvalue weighted by atomic mass is 127. The van der Waals surface area contributed by atoms with Gasteiger partial charge in [0.25, 0.3) is 0 Å². The van der Waals surface area contributed by atoms with E-state index in [0.29, 0.717) is 15.8 Å². The van der Waals surface area contributed by atoms with Gasteiger partial charge in [-0.1, -0.05) is 34.7 Å². The van der Waals surface area contributed by atoms with Crippen LogP contribution in [0.2, 0.25) is 0 Å². The lowest BCUT2D eigenvalue weighted by Gasteiger charge is -2.04. The molecule has 0 radical (unpaired) electrons. The highest BCUT2D eigenvalue weighted by Gasteiger charge is 2.06. The first-order valence-corrected chi connectivity index (χ1v) is 4.90. The molecule has 1 aromatic rings. The van der Waals surface area contributed by atoms with Gasteiger partial charge < -0.3 is 10.4 Å². The molecule has 0 spiro atoms. The number of para-hydroxylation sites is 1. The Morgan fingerprint density at radius 2 is 2.17 bits per heavy atom. The summed E-state index contributed by atoms with van der Waals surface area (Å²) in [4.78, 5) is 10.7. The van der Waals surface area contributed by atoms with E-state index in [9.17, 15) is 4.79 Å². The Balaban J connectivity index is 3.00. The predicted molar refractivity (Wildman–Crippen MR) is 55.9 cm³/mol. The zero-order valence-electron chi connectivity index (χ0n) is 6.25. The summed E-state index contributed by atoms with van der Waals surface area (Å²) in [6.45, 7) is 0. The fraction of sp³-hybridized carbons (Fsp3) is 0.125. The van der Waals surface area contributed by atoms with Crippen LogP contribution in [0.15, 0.2) is 24.3 Å². The number of alkyl halides is 1.